The van der Waals surface area contributed by atoms with Gasteiger partial charge in [0.05, 0.1) is 12.1 Å². The van der Waals surface area contributed by atoms with E-state index in [0.717, 1.165) is 0 Å². The van der Waals surface area contributed by atoms with Gasteiger partial charge < -0.3 is 25.3 Å². The fraction of sp³-hybridized carbons (Fsp3) is 0.222. The number of rotatable bonds is 5. The molecule has 0 aliphatic carbocycles. The summed E-state index contributed by atoms with van der Waals surface area (Å²) < 4.78 is 16.2. The van der Waals surface area contributed by atoms with Crippen LogP contribution in [0.4, 0.5) is 5.69 Å². The van der Waals surface area contributed by atoms with Crippen molar-refractivity contribution in [1.82, 2.24) is 5.32 Å². The second-order valence-corrected chi connectivity index (χ2v) is 6.05. The summed E-state index contributed by atoms with van der Waals surface area (Å²) in [6.07, 6.45) is -0.326. The lowest BCUT2D eigenvalue weighted by Gasteiger charge is -2.26. The lowest BCUT2D eigenvalue weighted by atomic mass is 10.2. The molecule has 0 bridgehead atoms. The Bertz CT molecular complexity index is 827. The standard InChI is InChI=1S/C18H17ClN2O5/c19-11-5-6-14(20)13(7-11)18(23)25-10-17(22)21-8-12-9-24-15-3-1-2-4-16(15)26-12/h1-7,12H,8-10,20H2,(H,21,22)/t12-/m0/s1. The molecule has 0 aromatic heterocycles. The summed E-state index contributed by atoms with van der Waals surface area (Å²) in [5.41, 5.74) is 6.05. The molecule has 7 nitrogen and oxygen atoms in total. The molecule has 136 valence electrons. The Morgan fingerprint density at radius 3 is 2.81 bits per heavy atom. The molecule has 1 aliphatic heterocycles. The number of hydrogen-bond acceptors (Lipinski definition) is 6. The first kappa shape index (κ1) is 17.9. The molecule has 0 radical (unpaired) electrons. The van der Waals surface area contributed by atoms with Crippen molar-refractivity contribution in [3.05, 3.63) is 53.1 Å². The van der Waals surface area contributed by atoms with E-state index in [4.69, 9.17) is 31.5 Å². The molecule has 2 aromatic rings. The molecule has 0 saturated heterocycles. The van der Waals surface area contributed by atoms with E-state index in [1.165, 1.54) is 12.1 Å². The van der Waals surface area contributed by atoms with Crippen LogP contribution in [0.3, 0.4) is 0 Å². The molecule has 1 heterocycles. The summed E-state index contributed by atoms with van der Waals surface area (Å²) in [4.78, 5) is 23.9. The molecule has 8 heteroatoms. The summed E-state index contributed by atoms with van der Waals surface area (Å²) in [7, 11) is 0. The van der Waals surface area contributed by atoms with Gasteiger partial charge in [-0.3, -0.25) is 4.79 Å². The van der Waals surface area contributed by atoms with Crippen LogP contribution < -0.4 is 20.5 Å². The van der Waals surface area contributed by atoms with Gasteiger partial charge >= 0.3 is 5.97 Å². The van der Waals surface area contributed by atoms with Crippen molar-refractivity contribution in [3.63, 3.8) is 0 Å². The number of carbonyl (C=O) groups excluding carboxylic acids is 2. The molecule has 26 heavy (non-hydrogen) atoms. The van der Waals surface area contributed by atoms with Gasteiger partial charge in [0.1, 0.15) is 12.7 Å². The summed E-state index contributed by atoms with van der Waals surface area (Å²) in [6.45, 7) is 0.106. The Kier molecular flexibility index (Phi) is 5.48. The second-order valence-electron chi connectivity index (χ2n) is 5.61. The maximum absolute atomic E-state index is 12.0. The van der Waals surface area contributed by atoms with Gasteiger partial charge in [0.25, 0.3) is 5.91 Å². The van der Waals surface area contributed by atoms with Crippen molar-refractivity contribution in [2.24, 2.45) is 0 Å². The lowest BCUT2D eigenvalue weighted by molar-refractivity contribution is -0.124. The molecule has 2 aromatic carbocycles. The van der Waals surface area contributed by atoms with Crippen molar-refractivity contribution >= 4 is 29.2 Å². The zero-order chi connectivity index (χ0) is 18.5. The molecule has 3 N–H and O–H groups in total. The van der Waals surface area contributed by atoms with E-state index in [1.54, 1.807) is 12.1 Å². The third-order valence-electron chi connectivity index (χ3n) is 3.66. The van der Waals surface area contributed by atoms with Crippen LogP contribution in [0.25, 0.3) is 0 Å². The van der Waals surface area contributed by atoms with Gasteiger partial charge in [0.2, 0.25) is 0 Å². The van der Waals surface area contributed by atoms with E-state index in [2.05, 4.69) is 5.32 Å². The minimum atomic E-state index is -0.716. The molecule has 0 fully saturated rings. The van der Waals surface area contributed by atoms with E-state index in [1.807, 2.05) is 18.2 Å². The molecule has 1 amide bonds. The van der Waals surface area contributed by atoms with E-state index in [-0.39, 0.29) is 23.9 Å². The van der Waals surface area contributed by atoms with Crippen molar-refractivity contribution in [3.8, 4) is 11.5 Å². The maximum atomic E-state index is 12.0. The third-order valence-corrected chi connectivity index (χ3v) is 3.90. The Labute approximate surface area is 155 Å². The first-order valence-corrected chi connectivity index (χ1v) is 8.28. The van der Waals surface area contributed by atoms with Crippen LogP contribution in [0, 0.1) is 0 Å². The average molecular weight is 377 g/mol. The van der Waals surface area contributed by atoms with Crippen molar-refractivity contribution < 1.29 is 23.8 Å². The average Bonchev–Trinajstić information content (AvgIpc) is 2.66. The zero-order valence-electron chi connectivity index (χ0n) is 13.7. The highest BCUT2D eigenvalue weighted by Crippen LogP contribution is 2.30. The van der Waals surface area contributed by atoms with Gasteiger partial charge in [-0.25, -0.2) is 4.79 Å². The fourth-order valence-corrected chi connectivity index (χ4v) is 2.53. The summed E-state index contributed by atoms with van der Waals surface area (Å²) in [5.74, 6) is 0.122. The number of hydrogen-bond donors (Lipinski definition) is 2. The number of halogens is 1. The van der Waals surface area contributed by atoms with Gasteiger partial charge in [0.15, 0.2) is 18.1 Å². The number of nitrogens with two attached hydrogens (primary N) is 1. The monoisotopic (exact) mass is 376 g/mol. The van der Waals surface area contributed by atoms with Crippen molar-refractivity contribution in [2.75, 3.05) is 25.5 Å². The van der Waals surface area contributed by atoms with E-state index in [9.17, 15) is 9.59 Å². The highest BCUT2D eigenvalue weighted by molar-refractivity contribution is 6.31. The number of nitrogen functional groups attached to an aromatic ring is 1. The van der Waals surface area contributed by atoms with Crippen LogP contribution in [-0.4, -0.2) is 37.7 Å². The van der Waals surface area contributed by atoms with Crippen LogP contribution in [0.1, 0.15) is 10.4 Å². The van der Waals surface area contributed by atoms with Crippen molar-refractivity contribution in [1.29, 1.82) is 0 Å². The number of ether oxygens (including phenoxy) is 3. The van der Waals surface area contributed by atoms with Gasteiger partial charge in [0, 0.05) is 10.7 Å². The number of anilines is 1. The normalized spacial score (nSPS) is 15.2. The zero-order valence-corrected chi connectivity index (χ0v) is 14.5. The lowest BCUT2D eigenvalue weighted by Crippen LogP contribution is -2.42. The van der Waals surface area contributed by atoms with Gasteiger partial charge in [-0.15, -0.1) is 0 Å². The first-order valence-electron chi connectivity index (χ1n) is 7.90. The Morgan fingerprint density at radius 1 is 1.23 bits per heavy atom. The van der Waals surface area contributed by atoms with Crippen LogP contribution in [0.15, 0.2) is 42.5 Å². The third kappa shape index (κ3) is 4.37. The summed E-state index contributed by atoms with van der Waals surface area (Å²) in [6, 6.07) is 11.7. The van der Waals surface area contributed by atoms with E-state index in [0.29, 0.717) is 23.1 Å². The molecule has 1 aliphatic rings. The van der Waals surface area contributed by atoms with E-state index >= 15 is 0 Å². The number of nitrogens with one attached hydrogen (secondary N) is 1. The SMILES string of the molecule is Nc1ccc(Cl)cc1C(=O)OCC(=O)NC[C@H]1COc2ccccc2O1. The van der Waals surface area contributed by atoms with Crippen LogP contribution in [0.2, 0.25) is 5.02 Å². The number of benzene rings is 2. The Morgan fingerprint density at radius 2 is 2.00 bits per heavy atom. The Balaban J connectivity index is 1.45. The smallest absolute Gasteiger partial charge is 0.340 e. The molecule has 0 saturated carbocycles. The highest BCUT2D eigenvalue weighted by Gasteiger charge is 2.21. The summed E-state index contributed by atoms with van der Waals surface area (Å²) in [5, 5.41) is 2.99. The minimum Gasteiger partial charge on any atom is -0.486 e. The van der Waals surface area contributed by atoms with Crippen molar-refractivity contribution in [2.45, 2.75) is 6.10 Å². The number of esters is 1. The largest absolute Gasteiger partial charge is 0.486 e. The molecule has 3 rings (SSSR count). The topological polar surface area (TPSA) is 99.9 Å². The maximum Gasteiger partial charge on any atom is 0.340 e. The molecule has 0 unspecified atom stereocenters. The molecule has 0 spiro atoms. The number of amides is 1. The molecule has 1 atom stereocenters. The van der Waals surface area contributed by atoms with E-state index < -0.39 is 18.5 Å². The first-order chi connectivity index (χ1) is 12.5. The van der Waals surface area contributed by atoms with Gasteiger partial charge in [-0.2, -0.15) is 0 Å². The van der Waals surface area contributed by atoms with Crippen LogP contribution >= 0.6 is 11.6 Å². The summed E-state index contributed by atoms with van der Waals surface area (Å²) >= 11 is 5.83. The number of carbonyl (C=O) groups is 2. The quantitative estimate of drug-likeness (QED) is 0.612. The number of fused-ring (bicyclic) bond motifs is 1. The molecular formula is C18H17ClN2O5. The fourth-order valence-electron chi connectivity index (χ4n) is 2.36. The van der Waals surface area contributed by atoms with Gasteiger partial charge in [-0.1, -0.05) is 23.7 Å². The Hall–Kier alpha value is -2.93. The minimum absolute atomic E-state index is 0.117. The highest BCUT2D eigenvalue weighted by atomic mass is 35.5. The second kappa shape index (κ2) is 7.97. The predicted molar refractivity (Wildman–Crippen MR) is 95.5 cm³/mol. The number of para-hydroxylation sites is 2. The van der Waals surface area contributed by atoms with Crippen LogP contribution in [0.5, 0.6) is 11.5 Å². The van der Waals surface area contributed by atoms with Gasteiger partial charge in [-0.05, 0) is 30.3 Å². The predicted octanol–water partition coefficient (Wildman–Crippen LogP) is 2.04. The molecular weight excluding hydrogens is 360 g/mol. The van der Waals surface area contributed by atoms with Crippen LogP contribution in [-0.2, 0) is 9.53 Å².